The van der Waals surface area contributed by atoms with Crippen LogP contribution in [0.15, 0.2) is 30.3 Å². The van der Waals surface area contributed by atoms with Crippen molar-refractivity contribution < 1.29 is 18.7 Å². The summed E-state index contributed by atoms with van der Waals surface area (Å²) in [5.41, 5.74) is -1.95. The molecule has 0 spiro atoms. The van der Waals surface area contributed by atoms with E-state index < -0.39 is 28.7 Å². The van der Waals surface area contributed by atoms with E-state index in [0.717, 1.165) is 12.1 Å². The number of aliphatic hydroxyl groups is 1. The Hall–Kier alpha value is -2.25. The summed E-state index contributed by atoms with van der Waals surface area (Å²) in [5.74, 6) is -1.49. The van der Waals surface area contributed by atoms with Crippen molar-refractivity contribution in [3.05, 3.63) is 58.2 Å². The van der Waals surface area contributed by atoms with Crippen LogP contribution in [-0.4, -0.2) is 22.0 Å². The fourth-order valence-electron chi connectivity index (χ4n) is 3.33. The van der Waals surface area contributed by atoms with Gasteiger partial charge in [0.15, 0.2) is 0 Å². The van der Waals surface area contributed by atoms with Gasteiger partial charge in [-0.15, -0.1) is 0 Å². The summed E-state index contributed by atoms with van der Waals surface area (Å²) in [6.07, 6.45) is 0.982. The molecule has 1 aromatic heterocycles. The van der Waals surface area contributed by atoms with Gasteiger partial charge in [0.1, 0.15) is 17.5 Å². The number of benzene rings is 1. The van der Waals surface area contributed by atoms with Crippen molar-refractivity contribution in [2.75, 3.05) is 5.32 Å². The summed E-state index contributed by atoms with van der Waals surface area (Å²) in [5, 5.41) is 17.2. The second-order valence-electron chi connectivity index (χ2n) is 8.06. The summed E-state index contributed by atoms with van der Waals surface area (Å²) in [7, 11) is 0. The van der Waals surface area contributed by atoms with Gasteiger partial charge >= 0.3 is 0 Å². The van der Waals surface area contributed by atoms with Gasteiger partial charge in [0.25, 0.3) is 0 Å². The Kier molecular flexibility index (Phi) is 5.83. The van der Waals surface area contributed by atoms with Crippen molar-refractivity contribution in [2.24, 2.45) is 0 Å². The van der Waals surface area contributed by atoms with E-state index in [4.69, 9.17) is 11.6 Å². The highest BCUT2D eigenvalue weighted by molar-refractivity contribution is 6.30. The number of aromatic nitrogens is 1. The maximum atomic E-state index is 14.0. The van der Waals surface area contributed by atoms with Crippen molar-refractivity contribution in [3.8, 4) is 0 Å². The highest BCUT2D eigenvalue weighted by atomic mass is 35.5. The third-order valence-electron chi connectivity index (χ3n) is 4.86. The van der Waals surface area contributed by atoms with E-state index in [2.05, 4.69) is 15.6 Å². The van der Waals surface area contributed by atoms with E-state index in [1.54, 1.807) is 12.1 Å². The van der Waals surface area contributed by atoms with Crippen LogP contribution < -0.4 is 10.6 Å². The molecule has 1 heterocycles. The number of rotatable bonds is 7. The number of carbonyl (C=O) groups is 1. The highest BCUT2D eigenvalue weighted by Crippen LogP contribution is 2.46. The molecule has 0 aliphatic heterocycles. The minimum absolute atomic E-state index is 0.136. The van der Waals surface area contributed by atoms with Gasteiger partial charge < -0.3 is 15.7 Å². The predicted molar refractivity (Wildman–Crippen MR) is 108 cm³/mol. The molecular formula is C21H24ClF2N3O2. The SMILES string of the molecule is CC(C)Nc1cc(Cl)cc(C2(NC(=O)CC(C)(O)c3ccc(F)cc3F)CC2)n1. The molecule has 1 fully saturated rings. The molecule has 156 valence electrons. The van der Waals surface area contributed by atoms with E-state index in [9.17, 15) is 18.7 Å². The van der Waals surface area contributed by atoms with Crippen LogP contribution in [0.2, 0.25) is 5.02 Å². The van der Waals surface area contributed by atoms with Crippen LogP contribution in [-0.2, 0) is 15.9 Å². The van der Waals surface area contributed by atoms with Crippen LogP contribution >= 0.6 is 11.6 Å². The van der Waals surface area contributed by atoms with Crippen molar-refractivity contribution in [2.45, 2.75) is 57.2 Å². The molecule has 0 bridgehead atoms. The number of hydrogen-bond acceptors (Lipinski definition) is 4. The van der Waals surface area contributed by atoms with Gasteiger partial charge in [0.05, 0.1) is 23.3 Å². The van der Waals surface area contributed by atoms with Crippen LogP contribution in [0.25, 0.3) is 0 Å². The molecule has 1 aromatic carbocycles. The van der Waals surface area contributed by atoms with Gasteiger partial charge in [-0.2, -0.15) is 0 Å². The van der Waals surface area contributed by atoms with E-state index in [0.29, 0.717) is 35.4 Å². The quantitative estimate of drug-likeness (QED) is 0.622. The second kappa shape index (κ2) is 7.88. The number of amides is 1. The van der Waals surface area contributed by atoms with Crippen LogP contribution in [0.4, 0.5) is 14.6 Å². The summed E-state index contributed by atoms with van der Waals surface area (Å²) < 4.78 is 27.2. The largest absolute Gasteiger partial charge is 0.385 e. The lowest BCUT2D eigenvalue weighted by molar-refractivity contribution is -0.127. The first-order chi connectivity index (χ1) is 13.5. The number of nitrogens with zero attached hydrogens (tertiary/aromatic N) is 1. The molecule has 1 unspecified atom stereocenters. The molecular weight excluding hydrogens is 400 g/mol. The summed E-state index contributed by atoms with van der Waals surface area (Å²) in [6, 6.07) is 6.46. The van der Waals surface area contributed by atoms with Gasteiger partial charge in [-0.25, -0.2) is 13.8 Å². The maximum absolute atomic E-state index is 14.0. The van der Waals surface area contributed by atoms with E-state index in [-0.39, 0.29) is 18.0 Å². The molecule has 1 saturated carbocycles. The number of hydrogen-bond donors (Lipinski definition) is 3. The summed E-state index contributed by atoms with van der Waals surface area (Å²) in [6.45, 7) is 5.28. The number of nitrogens with one attached hydrogen (secondary N) is 2. The fraction of sp³-hybridized carbons (Fsp3) is 0.429. The zero-order valence-electron chi connectivity index (χ0n) is 16.5. The monoisotopic (exact) mass is 423 g/mol. The number of carbonyl (C=O) groups excluding carboxylic acids is 1. The molecule has 2 aromatic rings. The van der Waals surface area contributed by atoms with Crippen LogP contribution in [0, 0.1) is 11.6 Å². The van der Waals surface area contributed by atoms with Crippen LogP contribution in [0.3, 0.4) is 0 Å². The molecule has 8 heteroatoms. The molecule has 29 heavy (non-hydrogen) atoms. The van der Waals surface area contributed by atoms with Crippen molar-refractivity contribution >= 4 is 23.3 Å². The number of pyridine rings is 1. The highest BCUT2D eigenvalue weighted by Gasteiger charge is 2.48. The Morgan fingerprint density at radius 1 is 1.31 bits per heavy atom. The molecule has 1 atom stereocenters. The first-order valence-corrected chi connectivity index (χ1v) is 9.82. The van der Waals surface area contributed by atoms with Crippen molar-refractivity contribution in [1.82, 2.24) is 10.3 Å². The molecule has 0 saturated heterocycles. The standard InChI is InChI=1S/C21H24ClF2N3O2/c1-12(2)25-18-9-13(22)8-17(26-18)21(6-7-21)27-19(28)11-20(3,29)15-5-4-14(23)10-16(15)24/h4-5,8-10,12,29H,6-7,11H2,1-3H3,(H,25,26)(H,27,28). The molecule has 3 rings (SSSR count). The molecule has 5 nitrogen and oxygen atoms in total. The normalized spacial score (nSPS) is 17.0. The maximum Gasteiger partial charge on any atom is 0.223 e. The number of anilines is 1. The zero-order valence-corrected chi connectivity index (χ0v) is 17.3. The van der Waals surface area contributed by atoms with Crippen LogP contribution in [0.5, 0.6) is 0 Å². The smallest absolute Gasteiger partial charge is 0.223 e. The van der Waals surface area contributed by atoms with E-state index in [1.807, 2.05) is 13.8 Å². The van der Waals surface area contributed by atoms with E-state index >= 15 is 0 Å². The van der Waals surface area contributed by atoms with Gasteiger partial charge in [-0.1, -0.05) is 17.7 Å². The molecule has 1 aliphatic rings. The first kappa shape index (κ1) is 21.5. The van der Waals surface area contributed by atoms with E-state index in [1.165, 1.54) is 6.92 Å². The summed E-state index contributed by atoms with van der Waals surface area (Å²) >= 11 is 6.22. The molecule has 0 radical (unpaired) electrons. The minimum atomic E-state index is -1.79. The lowest BCUT2D eigenvalue weighted by Crippen LogP contribution is -2.39. The van der Waals surface area contributed by atoms with Gasteiger partial charge in [-0.3, -0.25) is 4.79 Å². The second-order valence-corrected chi connectivity index (χ2v) is 8.50. The topological polar surface area (TPSA) is 74.2 Å². The summed E-state index contributed by atoms with van der Waals surface area (Å²) in [4.78, 5) is 17.2. The van der Waals surface area contributed by atoms with Crippen molar-refractivity contribution in [1.29, 1.82) is 0 Å². The Labute approximate surface area is 173 Å². The fourth-order valence-corrected chi connectivity index (χ4v) is 3.53. The molecule has 3 N–H and O–H groups in total. The molecule has 1 amide bonds. The first-order valence-electron chi connectivity index (χ1n) is 9.44. The minimum Gasteiger partial charge on any atom is -0.385 e. The Balaban J connectivity index is 1.76. The average molecular weight is 424 g/mol. The Morgan fingerprint density at radius 2 is 2.00 bits per heavy atom. The average Bonchev–Trinajstić information content (AvgIpc) is 3.33. The number of halogens is 3. The van der Waals surface area contributed by atoms with Gasteiger partial charge in [-0.05, 0) is 51.8 Å². The third kappa shape index (κ3) is 5.03. The zero-order chi connectivity index (χ0) is 21.4. The predicted octanol–water partition coefficient (Wildman–Crippen LogP) is 4.24. The lowest BCUT2D eigenvalue weighted by Gasteiger charge is -2.26. The molecule has 1 aliphatic carbocycles. The van der Waals surface area contributed by atoms with Crippen LogP contribution in [0.1, 0.15) is 51.3 Å². The Morgan fingerprint density at radius 3 is 2.59 bits per heavy atom. The van der Waals surface area contributed by atoms with Gasteiger partial charge in [0.2, 0.25) is 5.91 Å². The lowest BCUT2D eigenvalue weighted by atomic mass is 9.91. The Bertz CT molecular complexity index is 930. The third-order valence-corrected chi connectivity index (χ3v) is 5.08. The van der Waals surface area contributed by atoms with Gasteiger partial charge in [0, 0.05) is 22.7 Å². The van der Waals surface area contributed by atoms with Crippen molar-refractivity contribution in [3.63, 3.8) is 0 Å².